The molecule has 80 valence electrons. The van der Waals surface area contributed by atoms with Crippen LogP contribution in [0.5, 0.6) is 0 Å². The van der Waals surface area contributed by atoms with Gasteiger partial charge in [0.15, 0.2) is 5.13 Å². The number of hydrogen-bond donors (Lipinski definition) is 2. The van der Waals surface area contributed by atoms with Crippen LogP contribution in [0.1, 0.15) is 18.7 Å². The summed E-state index contributed by atoms with van der Waals surface area (Å²) < 4.78 is 0. The highest BCUT2D eigenvalue weighted by Crippen LogP contribution is 2.16. The first-order valence-corrected chi connectivity index (χ1v) is 4.90. The van der Waals surface area contributed by atoms with E-state index in [9.17, 15) is 14.4 Å². The van der Waals surface area contributed by atoms with Gasteiger partial charge in [-0.1, -0.05) is 0 Å². The molecule has 6 nitrogen and oxygen atoms in total. The molecule has 0 bridgehead atoms. The Balaban J connectivity index is 2.77. The van der Waals surface area contributed by atoms with Gasteiger partial charge in [0.05, 0.1) is 5.69 Å². The number of carbonyl (C=O) groups excluding carboxylic acids is 3. The van der Waals surface area contributed by atoms with Crippen LogP contribution in [0.3, 0.4) is 0 Å². The van der Waals surface area contributed by atoms with Crippen molar-refractivity contribution in [1.29, 1.82) is 0 Å². The molecule has 1 rings (SSSR count). The van der Waals surface area contributed by atoms with E-state index < -0.39 is 17.7 Å². The first-order valence-electron chi connectivity index (χ1n) is 4.02. The first kappa shape index (κ1) is 11.3. The monoisotopic (exact) mass is 227 g/mol. The zero-order valence-electron chi connectivity index (χ0n) is 7.89. The van der Waals surface area contributed by atoms with Crippen molar-refractivity contribution in [3.05, 3.63) is 11.1 Å². The third-order valence-corrected chi connectivity index (χ3v) is 2.29. The van der Waals surface area contributed by atoms with Crippen molar-refractivity contribution in [2.45, 2.75) is 13.0 Å². The second-order valence-corrected chi connectivity index (χ2v) is 3.64. The second kappa shape index (κ2) is 4.65. The molecule has 0 saturated heterocycles. The maximum absolute atomic E-state index is 11.0. The molecular weight excluding hydrogens is 218 g/mol. The molecule has 1 heterocycles. The zero-order chi connectivity index (χ0) is 11.4. The molecule has 0 spiro atoms. The summed E-state index contributed by atoms with van der Waals surface area (Å²) in [5.74, 6) is -1.48. The molecule has 1 atom stereocenters. The minimum absolute atomic E-state index is 0.300. The predicted molar refractivity (Wildman–Crippen MR) is 54.2 cm³/mol. The van der Waals surface area contributed by atoms with Crippen molar-refractivity contribution in [2.75, 3.05) is 5.73 Å². The number of nitrogens with two attached hydrogens (primary N) is 1. The molecule has 0 aliphatic carbocycles. The average molecular weight is 227 g/mol. The summed E-state index contributed by atoms with van der Waals surface area (Å²) in [5.41, 5.74) is 5.71. The van der Waals surface area contributed by atoms with Gasteiger partial charge in [0.1, 0.15) is 12.3 Å². The number of aldehydes is 1. The number of rotatable bonds is 4. The molecule has 1 amide bonds. The van der Waals surface area contributed by atoms with E-state index in [0.717, 1.165) is 18.3 Å². The molecule has 1 aromatic heterocycles. The third kappa shape index (κ3) is 2.84. The molecule has 0 radical (unpaired) electrons. The predicted octanol–water partition coefficient (Wildman–Crippen LogP) is -0.330. The number of nitrogens with zero attached hydrogens (tertiary/aromatic N) is 1. The summed E-state index contributed by atoms with van der Waals surface area (Å²) >= 11 is 1.16. The van der Waals surface area contributed by atoms with Crippen LogP contribution in [0.4, 0.5) is 5.13 Å². The quantitative estimate of drug-likeness (QED) is 0.541. The van der Waals surface area contributed by atoms with Crippen LogP contribution in [0.2, 0.25) is 0 Å². The number of aromatic nitrogens is 1. The smallest absolute Gasteiger partial charge is 0.287 e. The fraction of sp³-hybridized carbons (Fsp3) is 0.250. The van der Waals surface area contributed by atoms with E-state index in [1.807, 2.05) is 0 Å². The van der Waals surface area contributed by atoms with Gasteiger partial charge in [-0.05, 0) is 0 Å². The number of carbonyl (C=O) groups is 3. The third-order valence-electron chi connectivity index (χ3n) is 1.60. The number of nitrogens with one attached hydrogen (secondary N) is 1. The van der Waals surface area contributed by atoms with E-state index in [-0.39, 0.29) is 0 Å². The van der Waals surface area contributed by atoms with E-state index in [4.69, 9.17) is 5.73 Å². The summed E-state index contributed by atoms with van der Waals surface area (Å²) in [6, 6.07) is -0.921. The van der Waals surface area contributed by atoms with Gasteiger partial charge in [-0.15, -0.1) is 11.3 Å². The van der Waals surface area contributed by atoms with Gasteiger partial charge < -0.3 is 15.8 Å². The van der Waals surface area contributed by atoms with E-state index in [1.54, 1.807) is 5.38 Å². The summed E-state index contributed by atoms with van der Waals surface area (Å²) in [4.78, 5) is 36.2. The molecule has 0 aromatic carbocycles. The van der Waals surface area contributed by atoms with E-state index in [0.29, 0.717) is 17.1 Å². The molecular formula is C8H9N3O3S. The van der Waals surface area contributed by atoms with Crippen molar-refractivity contribution in [1.82, 2.24) is 10.3 Å². The Morgan fingerprint density at radius 2 is 2.33 bits per heavy atom. The Morgan fingerprint density at radius 3 is 2.73 bits per heavy atom. The van der Waals surface area contributed by atoms with Gasteiger partial charge >= 0.3 is 0 Å². The minimum atomic E-state index is -0.921. The standard InChI is InChI=1S/C8H9N3O3S/c1-4(13)7(14)10-5(2-12)6-3-15-8(9)11-6/h2-3,5H,1H3,(H2,9,11)(H,10,14). The maximum Gasteiger partial charge on any atom is 0.287 e. The molecule has 0 saturated carbocycles. The lowest BCUT2D eigenvalue weighted by Crippen LogP contribution is -2.33. The summed E-state index contributed by atoms with van der Waals surface area (Å²) in [6.07, 6.45) is 0.495. The van der Waals surface area contributed by atoms with E-state index >= 15 is 0 Å². The lowest BCUT2D eigenvalue weighted by molar-refractivity contribution is -0.137. The molecule has 0 aliphatic heterocycles. The molecule has 15 heavy (non-hydrogen) atoms. The van der Waals surface area contributed by atoms with Crippen molar-refractivity contribution in [3.63, 3.8) is 0 Å². The molecule has 1 aromatic rings. The van der Waals surface area contributed by atoms with Crippen LogP contribution in [0, 0.1) is 0 Å². The highest BCUT2D eigenvalue weighted by molar-refractivity contribution is 7.13. The SMILES string of the molecule is CC(=O)C(=O)NC(C=O)c1csc(N)n1. The minimum Gasteiger partial charge on any atom is -0.375 e. The Bertz CT molecular complexity index is 402. The van der Waals surface area contributed by atoms with Gasteiger partial charge in [-0.25, -0.2) is 4.98 Å². The normalized spacial score (nSPS) is 11.8. The number of anilines is 1. The number of Topliss-reactive ketones (excluding diaryl/α,β-unsaturated/α-hetero) is 1. The number of nitrogen functional groups attached to an aromatic ring is 1. The highest BCUT2D eigenvalue weighted by Gasteiger charge is 2.18. The lowest BCUT2D eigenvalue weighted by atomic mass is 10.2. The average Bonchev–Trinajstić information content (AvgIpc) is 2.60. The Kier molecular flexibility index (Phi) is 3.51. The van der Waals surface area contributed by atoms with Crippen LogP contribution in [0.15, 0.2) is 5.38 Å². The van der Waals surface area contributed by atoms with Crippen LogP contribution in [-0.2, 0) is 14.4 Å². The van der Waals surface area contributed by atoms with Crippen LogP contribution >= 0.6 is 11.3 Å². The summed E-state index contributed by atoms with van der Waals surface area (Å²) in [6.45, 7) is 1.12. The maximum atomic E-state index is 11.0. The number of thiazole rings is 1. The lowest BCUT2D eigenvalue weighted by Gasteiger charge is -2.07. The van der Waals surface area contributed by atoms with E-state index in [1.165, 1.54) is 0 Å². The van der Waals surface area contributed by atoms with Crippen molar-refractivity contribution < 1.29 is 14.4 Å². The number of amides is 1. The van der Waals surface area contributed by atoms with Gasteiger partial charge in [0, 0.05) is 12.3 Å². The van der Waals surface area contributed by atoms with Crippen LogP contribution < -0.4 is 11.1 Å². The Morgan fingerprint density at radius 1 is 1.67 bits per heavy atom. The second-order valence-electron chi connectivity index (χ2n) is 2.75. The molecule has 0 fully saturated rings. The molecule has 1 unspecified atom stereocenters. The van der Waals surface area contributed by atoms with Gasteiger partial charge in [-0.3, -0.25) is 9.59 Å². The number of ketones is 1. The van der Waals surface area contributed by atoms with Gasteiger partial charge in [0.2, 0.25) is 5.78 Å². The molecule has 7 heteroatoms. The van der Waals surface area contributed by atoms with Gasteiger partial charge in [-0.2, -0.15) is 0 Å². The van der Waals surface area contributed by atoms with Crippen LogP contribution in [-0.4, -0.2) is 23.0 Å². The number of hydrogen-bond acceptors (Lipinski definition) is 6. The highest BCUT2D eigenvalue weighted by atomic mass is 32.1. The fourth-order valence-electron chi connectivity index (χ4n) is 0.864. The Hall–Kier alpha value is -1.76. The van der Waals surface area contributed by atoms with Crippen molar-refractivity contribution in [2.24, 2.45) is 0 Å². The molecule has 3 N–H and O–H groups in total. The zero-order valence-corrected chi connectivity index (χ0v) is 8.71. The fourth-order valence-corrected chi connectivity index (χ4v) is 1.46. The topological polar surface area (TPSA) is 102 Å². The van der Waals surface area contributed by atoms with Crippen LogP contribution in [0.25, 0.3) is 0 Å². The largest absolute Gasteiger partial charge is 0.375 e. The van der Waals surface area contributed by atoms with Gasteiger partial charge in [0.25, 0.3) is 5.91 Å². The summed E-state index contributed by atoms with van der Waals surface area (Å²) in [7, 11) is 0. The van der Waals surface area contributed by atoms with Crippen molar-refractivity contribution in [3.8, 4) is 0 Å². The Labute approximate surface area is 89.5 Å². The molecule has 0 aliphatic rings. The first-order chi connectivity index (χ1) is 7.04. The summed E-state index contributed by atoms with van der Waals surface area (Å²) in [5, 5.41) is 4.08. The van der Waals surface area contributed by atoms with Crippen molar-refractivity contribution >= 4 is 34.4 Å². The van der Waals surface area contributed by atoms with E-state index in [2.05, 4.69) is 10.3 Å².